The Balaban J connectivity index is 2.18. The molecule has 0 fully saturated rings. The van der Waals surface area contributed by atoms with E-state index >= 15 is 0 Å². The van der Waals surface area contributed by atoms with Crippen LogP contribution in [0, 0.1) is 0 Å². The summed E-state index contributed by atoms with van der Waals surface area (Å²) in [5, 5.41) is 3.97. The number of methoxy groups -OCH3 is 2. The van der Waals surface area contributed by atoms with Gasteiger partial charge in [-0.15, -0.1) is 0 Å². The summed E-state index contributed by atoms with van der Waals surface area (Å²) in [7, 11) is 3.23. The molecule has 0 atom stereocenters. The van der Waals surface area contributed by atoms with Crippen LogP contribution in [-0.2, 0) is 6.54 Å². The Kier molecular flexibility index (Phi) is 5.79. The van der Waals surface area contributed by atoms with Gasteiger partial charge in [0.05, 0.1) is 29.4 Å². The van der Waals surface area contributed by atoms with Crippen molar-refractivity contribution in [1.82, 2.24) is 0 Å². The van der Waals surface area contributed by atoms with Crippen molar-refractivity contribution in [3.8, 4) is 11.5 Å². The number of ether oxygens (including phenoxy) is 2. The van der Waals surface area contributed by atoms with Gasteiger partial charge in [-0.2, -0.15) is 0 Å². The lowest BCUT2D eigenvalue weighted by Gasteiger charge is -2.13. The molecule has 0 aliphatic rings. The summed E-state index contributed by atoms with van der Waals surface area (Å²) in [4.78, 5) is 0. The molecule has 2 rings (SSSR count). The van der Waals surface area contributed by atoms with Crippen LogP contribution in [0.15, 0.2) is 39.3 Å². The van der Waals surface area contributed by atoms with Crippen LogP contribution in [0.2, 0.25) is 5.02 Å². The first-order chi connectivity index (χ1) is 10.0. The van der Waals surface area contributed by atoms with Crippen LogP contribution >= 0.6 is 43.5 Å². The average molecular weight is 436 g/mol. The van der Waals surface area contributed by atoms with Crippen LogP contribution in [-0.4, -0.2) is 14.2 Å². The zero-order valence-electron chi connectivity index (χ0n) is 11.5. The summed E-state index contributed by atoms with van der Waals surface area (Å²) in [5.41, 5.74) is 1.93. The van der Waals surface area contributed by atoms with Gasteiger partial charge < -0.3 is 14.8 Å². The molecule has 0 radical (unpaired) electrons. The lowest BCUT2D eigenvalue weighted by atomic mass is 10.2. The Hall–Kier alpha value is -0.910. The first-order valence-electron chi connectivity index (χ1n) is 6.14. The van der Waals surface area contributed by atoms with E-state index in [1.165, 1.54) is 0 Å². The van der Waals surface area contributed by atoms with Crippen molar-refractivity contribution < 1.29 is 9.47 Å². The Morgan fingerprint density at radius 1 is 1.10 bits per heavy atom. The molecule has 112 valence electrons. The normalized spacial score (nSPS) is 10.3. The second-order valence-corrected chi connectivity index (χ2v) is 6.47. The molecule has 0 aromatic heterocycles. The zero-order valence-corrected chi connectivity index (χ0v) is 15.5. The van der Waals surface area contributed by atoms with Crippen LogP contribution in [0.5, 0.6) is 11.5 Å². The first-order valence-corrected chi connectivity index (χ1v) is 8.11. The number of anilines is 1. The van der Waals surface area contributed by atoms with Gasteiger partial charge in [0.2, 0.25) is 0 Å². The van der Waals surface area contributed by atoms with E-state index in [0.29, 0.717) is 23.1 Å². The Morgan fingerprint density at radius 3 is 2.48 bits per heavy atom. The third-order valence-corrected chi connectivity index (χ3v) is 4.30. The predicted octanol–water partition coefficient (Wildman–Crippen LogP) is 5.49. The van der Waals surface area contributed by atoms with Crippen LogP contribution in [0.25, 0.3) is 0 Å². The highest BCUT2D eigenvalue weighted by Crippen LogP contribution is 2.36. The molecule has 0 bridgehead atoms. The summed E-state index contributed by atoms with van der Waals surface area (Å²) in [6, 6.07) is 9.65. The number of hydrogen-bond donors (Lipinski definition) is 1. The molecule has 0 heterocycles. The van der Waals surface area contributed by atoms with Crippen molar-refractivity contribution in [3.05, 3.63) is 49.9 Å². The third kappa shape index (κ3) is 4.05. The molecule has 2 aromatic carbocycles. The van der Waals surface area contributed by atoms with Crippen molar-refractivity contribution in [2.75, 3.05) is 19.5 Å². The number of nitrogens with one attached hydrogen (secondary N) is 1. The van der Waals surface area contributed by atoms with Crippen LogP contribution in [0.3, 0.4) is 0 Å². The number of hydrogen-bond acceptors (Lipinski definition) is 3. The summed E-state index contributed by atoms with van der Waals surface area (Å²) in [5.74, 6) is 1.37. The van der Waals surface area contributed by atoms with Crippen molar-refractivity contribution in [2.24, 2.45) is 0 Å². The van der Waals surface area contributed by atoms with Gasteiger partial charge in [0.25, 0.3) is 0 Å². The fourth-order valence-electron chi connectivity index (χ4n) is 1.90. The van der Waals surface area contributed by atoms with Gasteiger partial charge in [0.1, 0.15) is 0 Å². The number of rotatable bonds is 5. The molecule has 3 nitrogen and oxygen atoms in total. The molecule has 0 saturated carbocycles. The van der Waals surface area contributed by atoms with Gasteiger partial charge in [0, 0.05) is 11.0 Å². The first kappa shape index (κ1) is 16.5. The van der Waals surface area contributed by atoms with Crippen LogP contribution in [0.1, 0.15) is 5.56 Å². The van der Waals surface area contributed by atoms with Gasteiger partial charge in [-0.25, -0.2) is 0 Å². The quantitative estimate of drug-likeness (QED) is 0.673. The van der Waals surface area contributed by atoms with Crippen molar-refractivity contribution >= 4 is 49.1 Å². The summed E-state index contributed by atoms with van der Waals surface area (Å²) >= 11 is 13.1. The van der Waals surface area contributed by atoms with E-state index in [9.17, 15) is 0 Å². The molecule has 0 aliphatic carbocycles. The van der Waals surface area contributed by atoms with E-state index in [2.05, 4.69) is 37.2 Å². The van der Waals surface area contributed by atoms with Crippen LogP contribution < -0.4 is 14.8 Å². The van der Waals surface area contributed by atoms with Crippen LogP contribution in [0.4, 0.5) is 5.69 Å². The summed E-state index contributed by atoms with van der Waals surface area (Å²) < 4.78 is 12.4. The second kappa shape index (κ2) is 7.38. The predicted molar refractivity (Wildman–Crippen MR) is 93.7 cm³/mol. The van der Waals surface area contributed by atoms with Gasteiger partial charge in [0.15, 0.2) is 11.5 Å². The molecule has 0 amide bonds. The second-order valence-electron chi connectivity index (χ2n) is 4.29. The molecular formula is C15H14Br2ClNO2. The molecule has 6 heteroatoms. The molecule has 0 aliphatic heterocycles. The highest BCUT2D eigenvalue weighted by atomic mass is 79.9. The Morgan fingerprint density at radius 2 is 1.86 bits per heavy atom. The van der Waals surface area contributed by atoms with E-state index in [4.69, 9.17) is 21.1 Å². The third-order valence-electron chi connectivity index (χ3n) is 2.91. The van der Waals surface area contributed by atoms with Gasteiger partial charge in [-0.3, -0.25) is 0 Å². The molecule has 0 unspecified atom stereocenters. The lowest BCUT2D eigenvalue weighted by molar-refractivity contribution is 0.352. The van der Waals surface area contributed by atoms with Crippen molar-refractivity contribution in [1.29, 1.82) is 0 Å². The SMILES string of the molecule is COc1cc(CNc2ccc(Br)cc2Cl)cc(Br)c1OC. The molecule has 2 aromatic rings. The molecule has 0 spiro atoms. The van der Waals surface area contributed by atoms with E-state index < -0.39 is 0 Å². The van der Waals surface area contributed by atoms with Gasteiger partial charge in [-0.1, -0.05) is 27.5 Å². The maximum absolute atomic E-state index is 6.19. The van der Waals surface area contributed by atoms with E-state index in [-0.39, 0.29) is 0 Å². The molecule has 1 N–H and O–H groups in total. The average Bonchev–Trinajstić information content (AvgIpc) is 2.45. The highest BCUT2D eigenvalue weighted by Gasteiger charge is 2.10. The largest absolute Gasteiger partial charge is 0.493 e. The topological polar surface area (TPSA) is 30.5 Å². The van der Waals surface area contributed by atoms with Gasteiger partial charge >= 0.3 is 0 Å². The van der Waals surface area contributed by atoms with E-state index in [1.54, 1.807) is 14.2 Å². The van der Waals surface area contributed by atoms with E-state index in [0.717, 1.165) is 20.2 Å². The highest BCUT2D eigenvalue weighted by molar-refractivity contribution is 9.10. The standard InChI is InChI=1S/C15H14Br2ClNO2/c1-20-14-6-9(5-11(17)15(14)21-2)8-19-13-4-3-10(16)7-12(13)18/h3-7,19H,8H2,1-2H3. The number of benzene rings is 2. The fourth-order valence-corrected chi connectivity index (χ4v) is 3.30. The van der Waals surface area contributed by atoms with Crippen molar-refractivity contribution in [2.45, 2.75) is 6.54 Å². The fraction of sp³-hybridized carbons (Fsp3) is 0.200. The Labute approximate surface area is 145 Å². The minimum absolute atomic E-state index is 0.625. The maximum atomic E-state index is 6.19. The minimum atomic E-state index is 0.625. The minimum Gasteiger partial charge on any atom is -0.493 e. The van der Waals surface area contributed by atoms with E-state index in [1.807, 2.05) is 30.3 Å². The lowest BCUT2D eigenvalue weighted by Crippen LogP contribution is -2.01. The monoisotopic (exact) mass is 433 g/mol. The van der Waals surface area contributed by atoms with Crippen molar-refractivity contribution in [3.63, 3.8) is 0 Å². The summed E-state index contributed by atoms with van der Waals surface area (Å²) in [6.45, 7) is 0.625. The molecule has 0 saturated heterocycles. The molecule has 21 heavy (non-hydrogen) atoms. The van der Waals surface area contributed by atoms with Gasteiger partial charge in [-0.05, 0) is 51.8 Å². The zero-order chi connectivity index (χ0) is 15.4. The Bertz CT molecular complexity index is 650. The summed E-state index contributed by atoms with van der Waals surface area (Å²) in [6.07, 6.45) is 0. The number of halogens is 3. The maximum Gasteiger partial charge on any atom is 0.174 e. The smallest absolute Gasteiger partial charge is 0.174 e. The molecular weight excluding hydrogens is 421 g/mol.